The number of halogens is 4. The van der Waals surface area contributed by atoms with Crippen LogP contribution in [0.2, 0.25) is 0 Å². The molecule has 25 heavy (non-hydrogen) atoms. The molecule has 1 saturated heterocycles. The Morgan fingerprint density at radius 3 is 2.52 bits per heavy atom. The van der Waals surface area contributed by atoms with Gasteiger partial charge in [-0.2, -0.15) is 13.2 Å². The number of rotatable bonds is 3. The average Bonchev–Trinajstić information content (AvgIpc) is 2.61. The fourth-order valence-corrected chi connectivity index (χ4v) is 3.71. The summed E-state index contributed by atoms with van der Waals surface area (Å²) in [6.07, 6.45) is -0.229. The minimum absolute atomic E-state index is 0.0741. The maximum absolute atomic E-state index is 12.9. The molecule has 1 aliphatic heterocycles. The first-order valence-electron chi connectivity index (χ1n) is 8.06. The fourth-order valence-electron chi connectivity index (χ4n) is 3.21. The average molecular weight is 415 g/mol. The van der Waals surface area contributed by atoms with Crippen molar-refractivity contribution < 1.29 is 18.3 Å². The van der Waals surface area contributed by atoms with Gasteiger partial charge >= 0.3 is 6.18 Å². The smallest absolute Gasteiger partial charge is 0.388 e. The van der Waals surface area contributed by atoms with Gasteiger partial charge < -0.3 is 10.0 Å². The van der Waals surface area contributed by atoms with Crippen molar-refractivity contribution in [2.45, 2.75) is 25.1 Å². The van der Waals surface area contributed by atoms with E-state index in [0.29, 0.717) is 36.1 Å². The van der Waals surface area contributed by atoms with E-state index >= 15 is 0 Å². The number of hydrogen-bond acceptors (Lipinski definition) is 3. The second kappa shape index (κ2) is 7.33. The van der Waals surface area contributed by atoms with Crippen molar-refractivity contribution in [3.8, 4) is 0 Å². The summed E-state index contributed by atoms with van der Waals surface area (Å²) in [5, 5.41) is 10.5. The maximum atomic E-state index is 12.9. The van der Waals surface area contributed by atoms with E-state index < -0.39 is 17.8 Å². The molecule has 1 aromatic heterocycles. The highest BCUT2D eigenvalue weighted by atomic mass is 79.9. The Morgan fingerprint density at radius 2 is 1.92 bits per heavy atom. The fraction of sp³-hybridized carbons (Fsp3) is 0.389. The zero-order valence-corrected chi connectivity index (χ0v) is 15.0. The summed E-state index contributed by atoms with van der Waals surface area (Å²) in [6.45, 7) is 1.20. The first-order chi connectivity index (χ1) is 11.9. The number of aliphatic hydroxyl groups excluding tert-OH is 1. The van der Waals surface area contributed by atoms with Crippen molar-refractivity contribution >= 4 is 21.6 Å². The summed E-state index contributed by atoms with van der Waals surface area (Å²) in [5.74, 6) is 0.0741. The van der Waals surface area contributed by atoms with Gasteiger partial charge in [-0.3, -0.25) is 4.98 Å². The highest BCUT2D eigenvalue weighted by Gasteiger charge is 2.32. The van der Waals surface area contributed by atoms with E-state index in [1.165, 1.54) is 12.1 Å². The zero-order chi connectivity index (χ0) is 18.0. The molecule has 1 aliphatic rings. The predicted octanol–water partition coefficient (Wildman–Crippen LogP) is 4.81. The second-order valence-corrected chi connectivity index (χ2v) is 7.07. The standard InChI is InChI=1S/C18H18BrF3N2O/c19-15-4-3-14(18(20,21)22)10-16(15)24-8-5-12(6-9-24)17(25)13-2-1-7-23-11-13/h1-4,7,10-12,17,25H,5-6,8-9H2/t17-/m0/s1. The van der Waals surface area contributed by atoms with E-state index in [9.17, 15) is 18.3 Å². The molecule has 7 heteroatoms. The molecule has 0 bridgehead atoms. The lowest BCUT2D eigenvalue weighted by Gasteiger charge is -2.36. The number of piperidine rings is 1. The summed E-state index contributed by atoms with van der Waals surface area (Å²) in [7, 11) is 0. The number of pyridine rings is 1. The third kappa shape index (κ3) is 4.15. The summed E-state index contributed by atoms with van der Waals surface area (Å²) < 4.78 is 39.5. The normalized spacial score (nSPS) is 17.6. The Balaban J connectivity index is 1.70. The molecule has 2 aromatic rings. The van der Waals surface area contributed by atoms with Crippen LogP contribution in [-0.4, -0.2) is 23.2 Å². The van der Waals surface area contributed by atoms with Crippen LogP contribution in [-0.2, 0) is 6.18 Å². The second-order valence-electron chi connectivity index (χ2n) is 6.22. The minimum atomic E-state index is -4.36. The Kier molecular flexibility index (Phi) is 5.34. The number of anilines is 1. The van der Waals surface area contributed by atoms with Crippen LogP contribution in [0, 0.1) is 5.92 Å². The van der Waals surface area contributed by atoms with E-state index in [-0.39, 0.29) is 5.92 Å². The third-order valence-electron chi connectivity index (χ3n) is 4.63. The van der Waals surface area contributed by atoms with E-state index in [1.807, 2.05) is 11.0 Å². The highest BCUT2D eigenvalue weighted by molar-refractivity contribution is 9.10. The van der Waals surface area contributed by atoms with Crippen LogP contribution >= 0.6 is 15.9 Å². The van der Waals surface area contributed by atoms with Crippen LogP contribution in [0.15, 0.2) is 47.2 Å². The van der Waals surface area contributed by atoms with Crippen molar-refractivity contribution in [3.05, 3.63) is 58.3 Å². The lowest BCUT2D eigenvalue weighted by atomic mass is 9.88. The lowest BCUT2D eigenvalue weighted by Crippen LogP contribution is -2.36. The Labute approximate surface area is 152 Å². The van der Waals surface area contributed by atoms with Crippen LogP contribution in [0.25, 0.3) is 0 Å². The van der Waals surface area contributed by atoms with Gasteiger partial charge in [-0.15, -0.1) is 0 Å². The van der Waals surface area contributed by atoms with Gasteiger partial charge in [0.05, 0.1) is 17.4 Å². The summed E-state index contributed by atoms with van der Waals surface area (Å²) >= 11 is 3.35. The number of nitrogens with zero attached hydrogens (tertiary/aromatic N) is 2. The van der Waals surface area contributed by atoms with Gasteiger partial charge in [0, 0.05) is 30.0 Å². The third-order valence-corrected chi connectivity index (χ3v) is 5.30. The molecule has 1 atom stereocenters. The van der Waals surface area contributed by atoms with Crippen molar-refractivity contribution in [2.24, 2.45) is 5.92 Å². The molecule has 2 heterocycles. The molecule has 0 unspecified atom stereocenters. The van der Waals surface area contributed by atoms with Crippen molar-refractivity contribution in [1.82, 2.24) is 4.98 Å². The number of hydrogen-bond donors (Lipinski definition) is 1. The van der Waals surface area contributed by atoms with Gasteiger partial charge in [-0.05, 0) is 64.5 Å². The van der Waals surface area contributed by atoms with Crippen LogP contribution in [0.4, 0.5) is 18.9 Å². The number of alkyl halides is 3. The van der Waals surface area contributed by atoms with Crippen LogP contribution in [0.1, 0.15) is 30.1 Å². The summed E-state index contributed by atoms with van der Waals surface area (Å²) in [4.78, 5) is 5.96. The van der Waals surface area contributed by atoms with Gasteiger partial charge in [0.25, 0.3) is 0 Å². The number of aromatic nitrogens is 1. The lowest BCUT2D eigenvalue weighted by molar-refractivity contribution is -0.137. The predicted molar refractivity (Wildman–Crippen MR) is 93.3 cm³/mol. The Bertz CT molecular complexity index is 716. The van der Waals surface area contributed by atoms with Gasteiger partial charge in [-0.25, -0.2) is 0 Å². The van der Waals surface area contributed by atoms with Crippen LogP contribution in [0.3, 0.4) is 0 Å². The van der Waals surface area contributed by atoms with Crippen molar-refractivity contribution in [2.75, 3.05) is 18.0 Å². The largest absolute Gasteiger partial charge is 0.416 e. The minimum Gasteiger partial charge on any atom is -0.388 e. The SMILES string of the molecule is O[C@H](c1cccnc1)C1CCN(c2cc(C(F)(F)F)ccc2Br)CC1. The first kappa shape index (κ1) is 18.2. The quantitative estimate of drug-likeness (QED) is 0.782. The van der Waals surface area contributed by atoms with Crippen molar-refractivity contribution in [3.63, 3.8) is 0 Å². The number of aliphatic hydroxyl groups is 1. The van der Waals surface area contributed by atoms with Gasteiger partial charge in [-0.1, -0.05) is 6.07 Å². The molecule has 1 aromatic carbocycles. The van der Waals surface area contributed by atoms with Gasteiger partial charge in [0.2, 0.25) is 0 Å². The summed E-state index contributed by atoms with van der Waals surface area (Å²) in [6, 6.07) is 7.32. The molecule has 0 amide bonds. The molecule has 3 rings (SSSR count). The van der Waals surface area contributed by atoms with Crippen LogP contribution in [0.5, 0.6) is 0 Å². The topological polar surface area (TPSA) is 36.4 Å². The molecule has 0 radical (unpaired) electrons. The van der Waals surface area contributed by atoms with E-state index in [2.05, 4.69) is 20.9 Å². The number of benzene rings is 1. The van der Waals surface area contributed by atoms with Crippen LogP contribution < -0.4 is 4.90 Å². The Hall–Kier alpha value is -1.60. The molecular formula is C18H18BrF3N2O. The molecule has 0 saturated carbocycles. The molecule has 0 spiro atoms. The van der Waals surface area contributed by atoms with E-state index in [1.54, 1.807) is 18.5 Å². The molecule has 0 aliphatic carbocycles. The molecule has 3 nitrogen and oxygen atoms in total. The van der Waals surface area contributed by atoms with Gasteiger partial charge in [0.1, 0.15) is 0 Å². The first-order valence-corrected chi connectivity index (χ1v) is 8.85. The van der Waals surface area contributed by atoms with Crippen molar-refractivity contribution in [1.29, 1.82) is 0 Å². The van der Waals surface area contributed by atoms with E-state index in [0.717, 1.165) is 11.6 Å². The molecular weight excluding hydrogens is 397 g/mol. The monoisotopic (exact) mass is 414 g/mol. The molecule has 134 valence electrons. The van der Waals surface area contributed by atoms with E-state index in [4.69, 9.17) is 0 Å². The molecule has 1 fully saturated rings. The maximum Gasteiger partial charge on any atom is 0.416 e. The summed E-state index contributed by atoms with van der Waals surface area (Å²) in [5.41, 5.74) is 0.675. The van der Waals surface area contributed by atoms with Gasteiger partial charge in [0.15, 0.2) is 0 Å². The zero-order valence-electron chi connectivity index (χ0n) is 13.4. The Morgan fingerprint density at radius 1 is 1.20 bits per heavy atom. The highest BCUT2D eigenvalue weighted by Crippen LogP contribution is 2.38. The molecule has 1 N–H and O–H groups in total.